The van der Waals surface area contributed by atoms with E-state index in [1.807, 2.05) is 0 Å². The van der Waals surface area contributed by atoms with Crippen molar-refractivity contribution in [3.05, 3.63) is 0 Å². The quantitative estimate of drug-likeness (QED) is 0.726. The SMILES string of the molecule is CC(C)CCC1(C(=O)O)CCCNC1. The van der Waals surface area contributed by atoms with Gasteiger partial charge in [0.15, 0.2) is 0 Å². The van der Waals surface area contributed by atoms with E-state index in [1.165, 1.54) is 0 Å². The van der Waals surface area contributed by atoms with E-state index in [0.717, 1.165) is 32.2 Å². The fourth-order valence-electron chi connectivity index (χ4n) is 2.04. The molecule has 0 aromatic carbocycles. The van der Waals surface area contributed by atoms with Crippen LogP contribution < -0.4 is 5.32 Å². The summed E-state index contributed by atoms with van der Waals surface area (Å²) in [6, 6.07) is 0. The lowest BCUT2D eigenvalue weighted by atomic mass is 9.76. The monoisotopic (exact) mass is 199 g/mol. The minimum atomic E-state index is -0.620. The van der Waals surface area contributed by atoms with Crippen molar-refractivity contribution in [2.75, 3.05) is 13.1 Å². The smallest absolute Gasteiger partial charge is 0.310 e. The maximum absolute atomic E-state index is 11.2. The highest BCUT2D eigenvalue weighted by Crippen LogP contribution is 2.33. The molecule has 0 amide bonds. The average Bonchev–Trinajstić information content (AvgIpc) is 2.16. The van der Waals surface area contributed by atoms with Crippen molar-refractivity contribution in [1.29, 1.82) is 0 Å². The van der Waals surface area contributed by atoms with Crippen LogP contribution in [0.4, 0.5) is 0 Å². The first-order chi connectivity index (χ1) is 6.57. The van der Waals surface area contributed by atoms with Crippen molar-refractivity contribution in [3.63, 3.8) is 0 Å². The second kappa shape index (κ2) is 4.78. The summed E-state index contributed by atoms with van der Waals surface area (Å²) in [5, 5.41) is 12.5. The summed E-state index contributed by atoms with van der Waals surface area (Å²) < 4.78 is 0. The zero-order chi connectivity index (χ0) is 10.6. The Morgan fingerprint density at radius 2 is 2.29 bits per heavy atom. The molecule has 0 aliphatic carbocycles. The molecule has 1 rings (SSSR count). The molecule has 1 unspecified atom stereocenters. The molecule has 2 N–H and O–H groups in total. The lowest BCUT2D eigenvalue weighted by molar-refractivity contribution is -0.150. The molecule has 0 bridgehead atoms. The van der Waals surface area contributed by atoms with Gasteiger partial charge < -0.3 is 10.4 Å². The van der Waals surface area contributed by atoms with Crippen LogP contribution in [0.1, 0.15) is 39.5 Å². The Morgan fingerprint density at radius 3 is 2.71 bits per heavy atom. The molecule has 82 valence electrons. The normalized spacial score (nSPS) is 27.9. The summed E-state index contributed by atoms with van der Waals surface area (Å²) >= 11 is 0. The van der Waals surface area contributed by atoms with Crippen LogP contribution in [0.25, 0.3) is 0 Å². The number of rotatable bonds is 4. The Morgan fingerprint density at radius 1 is 1.57 bits per heavy atom. The van der Waals surface area contributed by atoms with Gasteiger partial charge in [0.2, 0.25) is 0 Å². The number of hydrogen-bond donors (Lipinski definition) is 2. The van der Waals surface area contributed by atoms with Gasteiger partial charge in [0.05, 0.1) is 5.41 Å². The van der Waals surface area contributed by atoms with Crippen molar-refractivity contribution >= 4 is 5.97 Å². The minimum Gasteiger partial charge on any atom is -0.481 e. The Kier molecular flexibility index (Phi) is 3.93. The molecule has 0 radical (unpaired) electrons. The highest BCUT2D eigenvalue weighted by molar-refractivity contribution is 5.75. The van der Waals surface area contributed by atoms with E-state index in [1.54, 1.807) is 0 Å². The molecule has 0 spiro atoms. The summed E-state index contributed by atoms with van der Waals surface area (Å²) in [6.07, 6.45) is 3.65. The standard InChI is InChI=1S/C11H21NO2/c1-9(2)4-6-11(10(13)14)5-3-7-12-8-11/h9,12H,3-8H2,1-2H3,(H,13,14). The zero-order valence-electron chi connectivity index (χ0n) is 9.18. The van der Waals surface area contributed by atoms with Crippen molar-refractivity contribution in [1.82, 2.24) is 5.32 Å². The Balaban J connectivity index is 2.56. The van der Waals surface area contributed by atoms with Crippen molar-refractivity contribution in [2.45, 2.75) is 39.5 Å². The maximum Gasteiger partial charge on any atom is 0.310 e. The third-order valence-electron chi connectivity index (χ3n) is 3.13. The van der Waals surface area contributed by atoms with Gasteiger partial charge in [-0.05, 0) is 38.1 Å². The summed E-state index contributed by atoms with van der Waals surface area (Å²) in [4.78, 5) is 11.2. The molecule has 1 atom stereocenters. The molecule has 3 nitrogen and oxygen atoms in total. The number of piperidine rings is 1. The molecule has 1 saturated heterocycles. The number of carbonyl (C=O) groups is 1. The largest absolute Gasteiger partial charge is 0.481 e. The van der Waals surface area contributed by atoms with Crippen molar-refractivity contribution in [2.24, 2.45) is 11.3 Å². The van der Waals surface area contributed by atoms with Crippen LogP contribution >= 0.6 is 0 Å². The fourth-order valence-corrected chi connectivity index (χ4v) is 2.04. The van der Waals surface area contributed by atoms with Crippen LogP contribution in [0, 0.1) is 11.3 Å². The summed E-state index contributed by atoms with van der Waals surface area (Å²) in [5.41, 5.74) is -0.484. The first-order valence-corrected chi connectivity index (χ1v) is 5.51. The van der Waals surface area contributed by atoms with Gasteiger partial charge in [-0.15, -0.1) is 0 Å². The molecule has 0 saturated carbocycles. The van der Waals surface area contributed by atoms with Gasteiger partial charge in [0, 0.05) is 6.54 Å². The Hall–Kier alpha value is -0.570. The minimum absolute atomic E-state index is 0.484. The lowest BCUT2D eigenvalue weighted by Crippen LogP contribution is -2.45. The second-order valence-electron chi connectivity index (χ2n) is 4.80. The van der Waals surface area contributed by atoms with Gasteiger partial charge in [-0.1, -0.05) is 13.8 Å². The van der Waals surface area contributed by atoms with Gasteiger partial charge in [0.1, 0.15) is 0 Å². The maximum atomic E-state index is 11.2. The number of aliphatic carboxylic acids is 1. The predicted octanol–water partition coefficient (Wildman–Crippen LogP) is 1.88. The van der Waals surface area contributed by atoms with Crippen LogP contribution in [0.2, 0.25) is 0 Å². The van der Waals surface area contributed by atoms with Gasteiger partial charge in [-0.3, -0.25) is 4.79 Å². The van der Waals surface area contributed by atoms with Crippen molar-refractivity contribution < 1.29 is 9.90 Å². The summed E-state index contributed by atoms with van der Waals surface area (Å²) in [5.74, 6) is -0.0292. The molecule has 1 aliphatic heterocycles. The Labute approximate surface area is 85.9 Å². The van der Waals surface area contributed by atoms with E-state index in [2.05, 4.69) is 19.2 Å². The lowest BCUT2D eigenvalue weighted by Gasteiger charge is -2.34. The van der Waals surface area contributed by atoms with Crippen LogP contribution in [0.15, 0.2) is 0 Å². The molecule has 0 aromatic rings. The Bertz CT molecular complexity index is 195. The zero-order valence-corrected chi connectivity index (χ0v) is 9.18. The fraction of sp³-hybridized carbons (Fsp3) is 0.909. The van der Waals surface area contributed by atoms with E-state index >= 15 is 0 Å². The number of carboxylic acids is 1. The molecule has 14 heavy (non-hydrogen) atoms. The van der Waals surface area contributed by atoms with Crippen LogP contribution in [-0.4, -0.2) is 24.2 Å². The molecular formula is C11H21NO2. The number of nitrogens with one attached hydrogen (secondary N) is 1. The third-order valence-corrected chi connectivity index (χ3v) is 3.13. The first kappa shape index (κ1) is 11.5. The molecule has 1 aliphatic rings. The molecule has 0 aromatic heterocycles. The predicted molar refractivity (Wildman–Crippen MR) is 56.2 cm³/mol. The van der Waals surface area contributed by atoms with E-state index in [4.69, 9.17) is 0 Å². The van der Waals surface area contributed by atoms with E-state index in [-0.39, 0.29) is 0 Å². The van der Waals surface area contributed by atoms with E-state index < -0.39 is 11.4 Å². The molecule has 1 fully saturated rings. The van der Waals surface area contributed by atoms with Gasteiger partial charge in [0.25, 0.3) is 0 Å². The second-order valence-corrected chi connectivity index (χ2v) is 4.80. The van der Waals surface area contributed by atoms with Crippen LogP contribution in [0.5, 0.6) is 0 Å². The topological polar surface area (TPSA) is 49.3 Å². The molecule has 1 heterocycles. The number of carboxylic acid groups (broad SMARTS) is 1. The highest BCUT2D eigenvalue weighted by Gasteiger charge is 2.39. The van der Waals surface area contributed by atoms with E-state index in [0.29, 0.717) is 12.5 Å². The summed E-state index contributed by atoms with van der Waals surface area (Å²) in [7, 11) is 0. The average molecular weight is 199 g/mol. The van der Waals surface area contributed by atoms with Gasteiger partial charge >= 0.3 is 5.97 Å². The first-order valence-electron chi connectivity index (χ1n) is 5.51. The van der Waals surface area contributed by atoms with Gasteiger partial charge in [-0.25, -0.2) is 0 Å². The van der Waals surface area contributed by atoms with Crippen LogP contribution in [0.3, 0.4) is 0 Å². The number of hydrogen-bond acceptors (Lipinski definition) is 2. The van der Waals surface area contributed by atoms with Crippen LogP contribution in [-0.2, 0) is 4.79 Å². The molecular weight excluding hydrogens is 178 g/mol. The molecule has 3 heteroatoms. The van der Waals surface area contributed by atoms with Crippen molar-refractivity contribution in [3.8, 4) is 0 Å². The van der Waals surface area contributed by atoms with E-state index in [9.17, 15) is 9.90 Å². The third kappa shape index (κ3) is 2.71. The summed E-state index contributed by atoms with van der Waals surface area (Å²) in [6.45, 7) is 5.91. The highest BCUT2D eigenvalue weighted by atomic mass is 16.4. The van der Waals surface area contributed by atoms with Gasteiger partial charge in [-0.2, -0.15) is 0 Å².